The molecule has 4 heteroatoms. The van der Waals surface area contributed by atoms with Gasteiger partial charge in [0.15, 0.2) is 0 Å². The smallest absolute Gasteiger partial charge is 0.254 e. The second-order valence-corrected chi connectivity index (χ2v) is 5.31. The SMILES string of the molecule is CNCC1CCCN1C(=O)c1cc(C)cc(Cl)c1. The van der Waals surface area contributed by atoms with E-state index in [1.165, 1.54) is 0 Å². The highest BCUT2D eigenvalue weighted by Gasteiger charge is 2.28. The molecule has 2 rings (SSSR count). The number of nitrogens with one attached hydrogen (secondary N) is 1. The van der Waals surface area contributed by atoms with Crippen LogP contribution >= 0.6 is 11.6 Å². The monoisotopic (exact) mass is 266 g/mol. The van der Waals surface area contributed by atoms with Gasteiger partial charge in [0.05, 0.1) is 0 Å². The van der Waals surface area contributed by atoms with E-state index < -0.39 is 0 Å². The van der Waals surface area contributed by atoms with E-state index in [0.717, 1.165) is 31.5 Å². The van der Waals surface area contributed by atoms with Gasteiger partial charge in [-0.2, -0.15) is 0 Å². The fourth-order valence-electron chi connectivity index (χ4n) is 2.58. The average molecular weight is 267 g/mol. The maximum Gasteiger partial charge on any atom is 0.254 e. The van der Waals surface area contributed by atoms with Crippen LogP contribution in [0.2, 0.25) is 5.02 Å². The maximum atomic E-state index is 12.5. The summed E-state index contributed by atoms with van der Waals surface area (Å²) in [5.41, 5.74) is 1.72. The van der Waals surface area contributed by atoms with Crippen molar-refractivity contribution in [2.24, 2.45) is 0 Å². The van der Waals surface area contributed by atoms with E-state index in [2.05, 4.69) is 5.32 Å². The zero-order valence-corrected chi connectivity index (χ0v) is 11.6. The molecule has 98 valence electrons. The molecule has 1 unspecified atom stereocenters. The molecule has 0 bridgehead atoms. The minimum atomic E-state index is 0.0957. The van der Waals surface area contributed by atoms with Gasteiger partial charge in [0.25, 0.3) is 5.91 Å². The first-order chi connectivity index (χ1) is 8.61. The Labute approximate surface area is 113 Å². The van der Waals surface area contributed by atoms with Crippen LogP contribution in [0.1, 0.15) is 28.8 Å². The van der Waals surface area contributed by atoms with E-state index in [9.17, 15) is 4.79 Å². The highest BCUT2D eigenvalue weighted by atomic mass is 35.5. The van der Waals surface area contributed by atoms with Crippen molar-refractivity contribution in [1.82, 2.24) is 10.2 Å². The van der Waals surface area contributed by atoms with Crippen molar-refractivity contribution < 1.29 is 4.79 Å². The molecule has 1 aliphatic heterocycles. The van der Waals surface area contributed by atoms with Gasteiger partial charge in [-0.1, -0.05) is 11.6 Å². The molecule has 1 N–H and O–H groups in total. The van der Waals surface area contributed by atoms with Gasteiger partial charge in [0.1, 0.15) is 0 Å². The van der Waals surface area contributed by atoms with Crippen molar-refractivity contribution >= 4 is 17.5 Å². The van der Waals surface area contributed by atoms with Crippen LogP contribution in [0.15, 0.2) is 18.2 Å². The molecule has 1 aliphatic rings. The van der Waals surface area contributed by atoms with Crippen LogP contribution in [0.4, 0.5) is 0 Å². The number of halogens is 1. The summed E-state index contributed by atoms with van der Waals surface area (Å²) >= 11 is 6.02. The summed E-state index contributed by atoms with van der Waals surface area (Å²) in [5, 5.41) is 3.78. The highest BCUT2D eigenvalue weighted by Crippen LogP contribution is 2.22. The third-order valence-corrected chi connectivity index (χ3v) is 3.59. The van der Waals surface area contributed by atoms with Gasteiger partial charge in [-0.25, -0.2) is 0 Å². The highest BCUT2D eigenvalue weighted by molar-refractivity contribution is 6.31. The lowest BCUT2D eigenvalue weighted by molar-refractivity contribution is 0.0737. The fourth-order valence-corrected chi connectivity index (χ4v) is 2.87. The number of likely N-dealkylation sites (N-methyl/N-ethyl adjacent to an activating group) is 1. The van der Waals surface area contributed by atoms with E-state index in [1.54, 1.807) is 6.07 Å². The summed E-state index contributed by atoms with van der Waals surface area (Å²) in [5.74, 6) is 0.0957. The first-order valence-corrected chi connectivity index (χ1v) is 6.72. The fraction of sp³-hybridized carbons (Fsp3) is 0.500. The van der Waals surface area contributed by atoms with Gasteiger partial charge in [0, 0.05) is 29.7 Å². The largest absolute Gasteiger partial charge is 0.334 e. The van der Waals surface area contributed by atoms with E-state index in [1.807, 2.05) is 31.0 Å². The molecule has 0 radical (unpaired) electrons. The average Bonchev–Trinajstić information content (AvgIpc) is 2.75. The summed E-state index contributed by atoms with van der Waals surface area (Å²) in [6, 6.07) is 5.84. The molecule has 0 spiro atoms. The molecule has 1 fully saturated rings. The Morgan fingerprint density at radius 2 is 2.28 bits per heavy atom. The first kappa shape index (κ1) is 13.4. The molecular formula is C14H19ClN2O. The number of carbonyl (C=O) groups excluding carboxylic acids is 1. The second-order valence-electron chi connectivity index (χ2n) is 4.87. The van der Waals surface area contributed by atoms with Gasteiger partial charge in [-0.05, 0) is 50.6 Å². The van der Waals surface area contributed by atoms with Crippen molar-refractivity contribution in [3.05, 3.63) is 34.3 Å². The first-order valence-electron chi connectivity index (χ1n) is 6.34. The summed E-state index contributed by atoms with van der Waals surface area (Å²) < 4.78 is 0. The molecule has 0 aliphatic carbocycles. The Balaban J connectivity index is 2.19. The van der Waals surface area contributed by atoms with Gasteiger partial charge >= 0.3 is 0 Å². The number of hydrogen-bond donors (Lipinski definition) is 1. The lowest BCUT2D eigenvalue weighted by Crippen LogP contribution is -2.40. The number of carbonyl (C=O) groups is 1. The molecule has 1 aromatic rings. The topological polar surface area (TPSA) is 32.3 Å². The Morgan fingerprint density at radius 1 is 1.50 bits per heavy atom. The third kappa shape index (κ3) is 2.85. The van der Waals surface area contributed by atoms with Crippen LogP contribution in [0, 0.1) is 6.92 Å². The maximum absolute atomic E-state index is 12.5. The van der Waals surface area contributed by atoms with Crippen LogP contribution in [0.3, 0.4) is 0 Å². The molecule has 18 heavy (non-hydrogen) atoms. The molecule has 0 aromatic heterocycles. The van der Waals surface area contributed by atoms with E-state index in [-0.39, 0.29) is 5.91 Å². The number of hydrogen-bond acceptors (Lipinski definition) is 2. The van der Waals surface area contributed by atoms with Crippen LogP contribution in [-0.4, -0.2) is 37.0 Å². The lowest BCUT2D eigenvalue weighted by Gasteiger charge is -2.24. The van der Waals surface area contributed by atoms with Crippen LogP contribution < -0.4 is 5.32 Å². The van der Waals surface area contributed by atoms with E-state index in [4.69, 9.17) is 11.6 Å². The molecule has 3 nitrogen and oxygen atoms in total. The van der Waals surface area contributed by atoms with Gasteiger partial charge < -0.3 is 10.2 Å². The van der Waals surface area contributed by atoms with Gasteiger partial charge in [-0.15, -0.1) is 0 Å². The van der Waals surface area contributed by atoms with Crippen LogP contribution in [0.5, 0.6) is 0 Å². The van der Waals surface area contributed by atoms with Crippen molar-refractivity contribution in [2.45, 2.75) is 25.8 Å². The zero-order chi connectivity index (χ0) is 13.1. The molecule has 1 amide bonds. The molecule has 1 saturated heterocycles. The zero-order valence-electron chi connectivity index (χ0n) is 10.9. The molecule has 1 atom stereocenters. The number of aryl methyl sites for hydroxylation is 1. The van der Waals surface area contributed by atoms with E-state index >= 15 is 0 Å². The summed E-state index contributed by atoms with van der Waals surface area (Å²) in [7, 11) is 1.92. The van der Waals surface area contributed by atoms with Crippen molar-refractivity contribution in [1.29, 1.82) is 0 Å². The second kappa shape index (κ2) is 5.72. The standard InChI is InChI=1S/C14H19ClN2O/c1-10-6-11(8-12(15)7-10)14(18)17-5-3-4-13(17)9-16-2/h6-8,13,16H,3-5,9H2,1-2H3. The Morgan fingerprint density at radius 3 is 2.94 bits per heavy atom. The molecule has 1 heterocycles. The van der Waals surface area contributed by atoms with Crippen LogP contribution in [0.25, 0.3) is 0 Å². The predicted molar refractivity (Wildman–Crippen MR) is 74.2 cm³/mol. The quantitative estimate of drug-likeness (QED) is 0.912. The lowest BCUT2D eigenvalue weighted by atomic mass is 10.1. The predicted octanol–water partition coefficient (Wildman–Crippen LogP) is 2.47. The number of rotatable bonds is 3. The number of likely N-dealkylation sites (tertiary alicyclic amines) is 1. The summed E-state index contributed by atoms with van der Waals surface area (Å²) in [4.78, 5) is 14.4. The number of amides is 1. The summed E-state index contributed by atoms with van der Waals surface area (Å²) in [6.07, 6.45) is 2.16. The Kier molecular flexibility index (Phi) is 4.25. The van der Waals surface area contributed by atoms with Gasteiger partial charge in [0.2, 0.25) is 0 Å². The molecule has 1 aromatic carbocycles. The number of nitrogens with zero attached hydrogens (tertiary/aromatic N) is 1. The van der Waals surface area contributed by atoms with Crippen molar-refractivity contribution in [2.75, 3.05) is 20.1 Å². The third-order valence-electron chi connectivity index (χ3n) is 3.37. The minimum absolute atomic E-state index is 0.0957. The van der Waals surface area contributed by atoms with E-state index in [0.29, 0.717) is 16.6 Å². The molecule has 0 saturated carbocycles. The van der Waals surface area contributed by atoms with Crippen molar-refractivity contribution in [3.8, 4) is 0 Å². The Hall–Kier alpha value is -1.06. The number of benzene rings is 1. The van der Waals surface area contributed by atoms with Gasteiger partial charge in [-0.3, -0.25) is 4.79 Å². The van der Waals surface area contributed by atoms with Crippen LogP contribution in [-0.2, 0) is 0 Å². The molecular weight excluding hydrogens is 248 g/mol. The summed E-state index contributed by atoms with van der Waals surface area (Å²) in [6.45, 7) is 3.65. The normalized spacial score (nSPS) is 19.3. The minimum Gasteiger partial charge on any atom is -0.334 e. The Bertz CT molecular complexity index is 427. The van der Waals surface area contributed by atoms with Crippen molar-refractivity contribution in [3.63, 3.8) is 0 Å².